The molecule has 1 aromatic carbocycles. The summed E-state index contributed by atoms with van der Waals surface area (Å²) in [5.41, 5.74) is 0. The van der Waals surface area contributed by atoms with Gasteiger partial charge in [-0.3, -0.25) is 0 Å². The van der Waals surface area contributed by atoms with E-state index in [-0.39, 0.29) is 55.8 Å². The second kappa shape index (κ2) is 22.4. The quantitative estimate of drug-likeness (QED) is 0.740. The molecule has 0 amide bonds. The molecule has 0 aliphatic carbocycles. The van der Waals surface area contributed by atoms with E-state index >= 15 is 0 Å². The van der Waals surface area contributed by atoms with Crippen molar-refractivity contribution in [3.05, 3.63) is 36.4 Å². The Labute approximate surface area is 92.2 Å². The monoisotopic (exact) mass is 239 g/mol. The van der Waals surface area contributed by atoms with Gasteiger partial charge in [0, 0.05) is 0 Å². The molecule has 0 heterocycles. The smallest absolute Gasteiger partial charge is 0.0623 e. The molecular formula is C6H13Cl4N. The van der Waals surface area contributed by atoms with E-state index < -0.39 is 0 Å². The zero-order chi connectivity index (χ0) is 4.24. The van der Waals surface area contributed by atoms with Crippen LogP contribution in [0.4, 0.5) is 0 Å². The van der Waals surface area contributed by atoms with Gasteiger partial charge in [0.2, 0.25) is 0 Å². The number of halogens is 4. The van der Waals surface area contributed by atoms with E-state index in [9.17, 15) is 0 Å². The summed E-state index contributed by atoms with van der Waals surface area (Å²) in [6.07, 6.45) is 0. The highest BCUT2D eigenvalue weighted by molar-refractivity contribution is 5.86. The molecule has 0 aliphatic heterocycles. The molecule has 3 N–H and O–H groups in total. The third-order valence-electron chi connectivity index (χ3n) is 0.667. The minimum atomic E-state index is 0. The van der Waals surface area contributed by atoms with E-state index in [0.717, 1.165) is 0 Å². The number of hydrogen-bond donors (Lipinski definition) is 1. The van der Waals surface area contributed by atoms with Gasteiger partial charge in [0.05, 0.1) is 0 Å². The van der Waals surface area contributed by atoms with Crippen molar-refractivity contribution in [1.82, 2.24) is 6.15 Å². The average molecular weight is 241 g/mol. The van der Waals surface area contributed by atoms with Crippen LogP contribution in [-0.2, 0) is 0 Å². The average Bonchev–Trinajstić information content (AvgIpc) is 1.72. The van der Waals surface area contributed by atoms with E-state index in [1.165, 1.54) is 0 Å². The molecule has 0 radical (unpaired) electrons. The maximum atomic E-state index is 2.00. The standard InChI is InChI=1S/C6H6.4ClH.H3N/c1-2-4-6-5-3-1;;;;;/h1-6H;4*1H;1H3. The lowest BCUT2D eigenvalue weighted by Gasteiger charge is -1.69. The normalized spacial score (nSPS) is 4.36. The van der Waals surface area contributed by atoms with Crippen LogP contribution >= 0.6 is 49.6 Å². The molecule has 0 aromatic heterocycles. The van der Waals surface area contributed by atoms with Crippen molar-refractivity contribution in [2.24, 2.45) is 0 Å². The Morgan fingerprint density at radius 2 is 0.455 bits per heavy atom. The summed E-state index contributed by atoms with van der Waals surface area (Å²) in [5.74, 6) is 0. The summed E-state index contributed by atoms with van der Waals surface area (Å²) in [4.78, 5) is 0. The molecule has 0 bridgehead atoms. The predicted octanol–water partition coefficient (Wildman–Crippen LogP) is 3.54. The molecule has 1 nitrogen and oxygen atoms in total. The first kappa shape index (κ1) is 30.2. The largest absolute Gasteiger partial charge is 0.344 e. The Hall–Kier alpha value is 0.340. The molecule has 11 heavy (non-hydrogen) atoms. The number of hydrogen-bond acceptors (Lipinski definition) is 1. The summed E-state index contributed by atoms with van der Waals surface area (Å²) < 4.78 is 0. The van der Waals surface area contributed by atoms with Crippen LogP contribution in [0.1, 0.15) is 0 Å². The van der Waals surface area contributed by atoms with Crippen molar-refractivity contribution in [3.8, 4) is 0 Å². The van der Waals surface area contributed by atoms with Crippen LogP contribution in [-0.4, -0.2) is 0 Å². The highest BCUT2D eigenvalue weighted by Crippen LogP contribution is 1.79. The van der Waals surface area contributed by atoms with Crippen LogP contribution in [0.5, 0.6) is 0 Å². The third-order valence-corrected chi connectivity index (χ3v) is 0.667. The molecule has 0 unspecified atom stereocenters. The third kappa shape index (κ3) is 17.9. The molecule has 0 saturated heterocycles. The van der Waals surface area contributed by atoms with Crippen LogP contribution < -0.4 is 6.15 Å². The second-order valence-corrected chi connectivity index (χ2v) is 1.15. The van der Waals surface area contributed by atoms with E-state index in [1.54, 1.807) is 0 Å². The molecular weight excluding hydrogens is 228 g/mol. The highest BCUT2D eigenvalue weighted by atomic mass is 35.5. The summed E-state index contributed by atoms with van der Waals surface area (Å²) in [6.45, 7) is 0. The van der Waals surface area contributed by atoms with Crippen LogP contribution in [0, 0.1) is 0 Å². The van der Waals surface area contributed by atoms with Gasteiger partial charge < -0.3 is 6.15 Å². The molecule has 1 aromatic rings. The molecule has 0 aliphatic rings. The second-order valence-electron chi connectivity index (χ2n) is 1.15. The fourth-order valence-corrected chi connectivity index (χ4v) is 0.385. The van der Waals surface area contributed by atoms with E-state index in [1.807, 2.05) is 36.4 Å². The minimum absolute atomic E-state index is 0. The van der Waals surface area contributed by atoms with Gasteiger partial charge in [-0.2, -0.15) is 0 Å². The molecule has 0 fully saturated rings. The lowest BCUT2D eigenvalue weighted by molar-refractivity contribution is 1.72. The highest BCUT2D eigenvalue weighted by Gasteiger charge is 1.57. The van der Waals surface area contributed by atoms with Gasteiger partial charge in [0.25, 0.3) is 0 Å². The van der Waals surface area contributed by atoms with Gasteiger partial charge in [-0.05, 0) is 0 Å². The van der Waals surface area contributed by atoms with Crippen molar-refractivity contribution >= 4 is 49.6 Å². The van der Waals surface area contributed by atoms with Gasteiger partial charge in [0.1, 0.15) is 0 Å². The number of benzene rings is 1. The SMILES string of the molecule is Cl.Cl.Cl.Cl.N.c1ccccc1. The summed E-state index contributed by atoms with van der Waals surface area (Å²) in [6, 6.07) is 12.0. The van der Waals surface area contributed by atoms with E-state index in [2.05, 4.69) is 0 Å². The Morgan fingerprint density at radius 3 is 0.545 bits per heavy atom. The first-order valence-electron chi connectivity index (χ1n) is 2.00. The molecule has 0 spiro atoms. The lowest BCUT2D eigenvalue weighted by Crippen LogP contribution is -1.47. The van der Waals surface area contributed by atoms with Crippen molar-refractivity contribution < 1.29 is 0 Å². The molecule has 5 heteroatoms. The van der Waals surface area contributed by atoms with E-state index in [0.29, 0.717) is 0 Å². The van der Waals surface area contributed by atoms with Crippen LogP contribution in [0.25, 0.3) is 0 Å². The van der Waals surface area contributed by atoms with Crippen LogP contribution in [0.3, 0.4) is 0 Å². The number of rotatable bonds is 0. The topological polar surface area (TPSA) is 35.0 Å². The van der Waals surface area contributed by atoms with Gasteiger partial charge in [-0.15, -0.1) is 49.6 Å². The molecule has 1 rings (SSSR count). The molecule has 0 atom stereocenters. The lowest BCUT2D eigenvalue weighted by atomic mass is 10.4. The fourth-order valence-electron chi connectivity index (χ4n) is 0.385. The van der Waals surface area contributed by atoms with Gasteiger partial charge in [0.15, 0.2) is 0 Å². The van der Waals surface area contributed by atoms with Gasteiger partial charge >= 0.3 is 0 Å². The van der Waals surface area contributed by atoms with Crippen molar-refractivity contribution in [2.75, 3.05) is 0 Å². The zero-order valence-corrected chi connectivity index (χ0v) is 9.07. The Morgan fingerprint density at radius 1 is 0.364 bits per heavy atom. The summed E-state index contributed by atoms with van der Waals surface area (Å²) >= 11 is 0. The van der Waals surface area contributed by atoms with Crippen LogP contribution in [0.2, 0.25) is 0 Å². The van der Waals surface area contributed by atoms with Gasteiger partial charge in [-0.25, -0.2) is 0 Å². The van der Waals surface area contributed by atoms with Crippen LogP contribution in [0.15, 0.2) is 36.4 Å². The van der Waals surface area contributed by atoms with Crippen molar-refractivity contribution in [1.29, 1.82) is 0 Å². The first-order valence-corrected chi connectivity index (χ1v) is 2.00. The molecule has 0 saturated carbocycles. The maximum absolute atomic E-state index is 2.00. The van der Waals surface area contributed by atoms with Crippen molar-refractivity contribution in [3.63, 3.8) is 0 Å². The molecule has 70 valence electrons. The Kier molecular flexibility index (Phi) is 61.5. The maximum Gasteiger partial charge on any atom is -0.0623 e. The zero-order valence-electron chi connectivity index (χ0n) is 5.80. The summed E-state index contributed by atoms with van der Waals surface area (Å²) in [7, 11) is 0. The predicted molar refractivity (Wildman–Crippen MR) is 60.5 cm³/mol. The Bertz CT molecular complexity index is 86.5. The van der Waals surface area contributed by atoms with Crippen molar-refractivity contribution in [2.45, 2.75) is 0 Å². The minimum Gasteiger partial charge on any atom is -0.344 e. The van der Waals surface area contributed by atoms with Gasteiger partial charge in [-0.1, -0.05) is 36.4 Å². The summed E-state index contributed by atoms with van der Waals surface area (Å²) in [5, 5.41) is 0. The Balaban J connectivity index is -0.0000000240. The first-order chi connectivity index (χ1) is 3.00. The van der Waals surface area contributed by atoms with E-state index in [4.69, 9.17) is 0 Å². The fraction of sp³-hybridized carbons (Fsp3) is 0.